The molecule has 0 radical (unpaired) electrons. The van der Waals surface area contributed by atoms with E-state index in [1.807, 2.05) is 25.7 Å². The topological polar surface area (TPSA) is 106 Å². The number of amides is 3. The number of nitrogens with zero attached hydrogens (tertiary/aromatic N) is 1. The van der Waals surface area contributed by atoms with Gasteiger partial charge in [0.25, 0.3) is 0 Å². The summed E-state index contributed by atoms with van der Waals surface area (Å²) in [7, 11) is 0. The lowest BCUT2D eigenvalue weighted by Gasteiger charge is -2.39. The molecule has 3 rings (SSSR count). The minimum absolute atomic E-state index is 0.0308. The summed E-state index contributed by atoms with van der Waals surface area (Å²) in [4.78, 5) is 26.2. The van der Waals surface area contributed by atoms with E-state index in [-0.39, 0.29) is 29.8 Å². The lowest BCUT2D eigenvalue weighted by molar-refractivity contribution is -0.136. The molecule has 0 spiro atoms. The van der Waals surface area contributed by atoms with E-state index in [4.69, 9.17) is 27.9 Å². The predicted octanol–water partition coefficient (Wildman–Crippen LogP) is 3.82. The van der Waals surface area contributed by atoms with Gasteiger partial charge < -0.3 is 24.8 Å². The molecular weight excluding hydrogens is 511 g/mol. The molecule has 2 aliphatic rings. The van der Waals surface area contributed by atoms with E-state index < -0.39 is 16.1 Å². The van der Waals surface area contributed by atoms with Gasteiger partial charge in [0.2, 0.25) is 5.91 Å². The molecule has 2 saturated heterocycles. The molecule has 2 unspecified atom stereocenters. The maximum absolute atomic E-state index is 13.2. The molecule has 2 heterocycles. The van der Waals surface area contributed by atoms with Crippen molar-refractivity contribution in [3.63, 3.8) is 0 Å². The first kappa shape index (κ1) is 27.9. The summed E-state index contributed by atoms with van der Waals surface area (Å²) in [6.45, 7) is 11.6. The standard InChI is InChI=1S/C24H34Cl2N4O4S/c1-5-10-34-20-12-19(26)18(25)11-17(20)21(29-35(33)24(2,3)4)15-6-8-30(9-7-15)22(31)16-13-27-23(32)28-14-16/h5,11-12,15-16,21,29H,1,6-10,13-14H2,2-4H3,(H2,27,28,32). The number of urea groups is 1. The van der Waals surface area contributed by atoms with Crippen LogP contribution in [0.3, 0.4) is 0 Å². The van der Waals surface area contributed by atoms with Crippen LogP contribution in [0.15, 0.2) is 24.8 Å². The third-order valence-electron chi connectivity index (χ3n) is 6.22. The predicted molar refractivity (Wildman–Crippen MR) is 140 cm³/mol. The van der Waals surface area contributed by atoms with E-state index in [1.54, 1.807) is 18.2 Å². The van der Waals surface area contributed by atoms with Crippen molar-refractivity contribution in [2.45, 2.75) is 44.4 Å². The van der Waals surface area contributed by atoms with Gasteiger partial charge in [0.15, 0.2) is 0 Å². The Morgan fingerprint density at radius 2 is 1.89 bits per heavy atom. The second kappa shape index (κ2) is 12.1. The van der Waals surface area contributed by atoms with E-state index in [9.17, 15) is 14.1 Å². The molecule has 35 heavy (non-hydrogen) atoms. The first-order valence-electron chi connectivity index (χ1n) is 11.7. The second-order valence-corrected chi connectivity index (χ2v) is 12.6. The van der Waals surface area contributed by atoms with Crippen molar-refractivity contribution in [1.29, 1.82) is 0 Å². The summed E-state index contributed by atoms with van der Waals surface area (Å²) in [5, 5.41) is 6.13. The van der Waals surface area contributed by atoms with Crippen LogP contribution in [0, 0.1) is 11.8 Å². The summed E-state index contributed by atoms with van der Waals surface area (Å²) in [6, 6.07) is 2.89. The number of ether oxygens (including phenoxy) is 1. The van der Waals surface area contributed by atoms with Crippen LogP contribution < -0.4 is 20.1 Å². The number of halogens is 2. The van der Waals surface area contributed by atoms with E-state index in [0.29, 0.717) is 61.4 Å². The zero-order valence-electron chi connectivity index (χ0n) is 20.4. The molecule has 8 nitrogen and oxygen atoms in total. The van der Waals surface area contributed by atoms with E-state index in [1.165, 1.54) is 0 Å². The third-order valence-corrected chi connectivity index (χ3v) is 8.53. The molecule has 3 amide bonds. The molecular formula is C24H34Cl2N4O4S. The quantitative estimate of drug-likeness (QED) is 0.340. The first-order valence-corrected chi connectivity index (χ1v) is 13.6. The Balaban J connectivity index is 1.81. The summed E-state index contributed by atoms with van der Waals surface area (Å²) < 4.78 is 21.9. The summed E-state index contributed by atoms with van der Waals surface area (Å²) >= 11 is 11.3. The molecule has 2 atom stereocenters. The number of carbonyl (C=O) groups is 2. The number of rotatable bonds is 8. The van der Waals surface area contributed by atoms with Crippen molar-refractivity contribution >= 4 is 46.5 Å². The van der Waals surface area contributed by atoms with Gasteiger partial charge in [-0.25, -0.2) is 4.79 Å². The smallest absolute Gasteiger partial charge is 0.314 e. The normalized spacial score (nSPS) is 19.5. The molecule has 0 bridgehead atoms. The fourth-order valence-corrected chi connectivity index (χ4v) is 5.45. The minimum atomic E-state index is -1.35. The number of hydrogen-bond acceptors (Lipinski definition) is 5. The summed E-state index contributed by atoms with van der Waals surface area (Å²) in [5.74, 6) is 0.395. The fourth-order valence-electron chi connectivity index (χ4n) is 4.22. The van der Waals surface area contributed by atoms with E-state index in [2.05, 4.69) is 21.9 Å². The van der Waals surface area contributed by atoms with Crippen LogP contribution in [0.25, 0.3) is 0 Å². The van der Waals surface area contributed by atoms with E-state index in [0.717, 1.165) is 5.56 Å². The lowest BCUT2D eigenvalue weighted by Crippen LogP contribution is -2.55. The van der Waals surface area contributed by atoms with Crippen LogP contribution in [-0.2, 0) is 16.2 Å². The summed E-state index contributed by atoms with van der Waals surface area (Å²) in [6.07, 6.45) is 3.06. The maximum Gasteiger partial charge on any atom is 0.314 e. The number of benzene rings is 1. The molecule has 3 N–H and O–H groups in total. The SMILES string of the molecule is C=CCOc1cc(Cl)c(Cl)cc1C(N[S+]([O-])C(C)(C)C)C1CCN(C(=O)C2CNC(=O)NC2)CC1. The van der Waals surface area contributed by atoms with Gasteiger partial charge in [-0.1, -0.05) is 35.9 Å². The highest BCUT2D eigenvalue weighted by Crippen LogP contribution is 2.41. The van der Waals surface area contributed by atoms with E-state index >= 15 is 0 Å². The van der Waals surface area contributed by atoms with Gasteiger partial charge >= 0.3 is 6.03 Å². The minimum Gasteiger partial charge on any atom is -0.598 e. The Kier molecular flexibility index (Phi) is 9.62. The van der Waals surface area contributed by atoms with Crippen LogP contribution in [-0.4, -0.2) is 58.9 Å². The van der Waals surface area contributed by atoms with Gasteiger partial charge in [-0.3, -0.25) is 4.79 Å². The Morgan fingerprint density at radius 3 is 2.46 bits per heavy atom. The highest BCUT2D eigenvalue weighted by Gasteiger charge is 2.38. The zero-order chi connectivity index (χ0) is 25.8. The van der Waals surface area contributed by atoms with Gasteiger partial charge in [0.05, 0.1) is 22.0 Å². The second-order valence-electron chi connectivity index (χ2n) is 9.83. The highest BCUT2D eigenvalue weighted by molar-refractivity contribution is 7.90. The zero-order valence-corrected chi connectivity index (χ0v) is 22.7. The first-order chi connectivity index (χ1) is 16.5. The number of likely N-dealkylation sites (tertiary alicyclic amines) is 1. The van der Waals surface area contributed by atoms with Gasteiger partial charge in [-0.15, -0.1) is 4.72 Å². The van der Waals surface area contributed by atoms with Gasteiger partial charge in [0.1, 0.15) is 17.1 Å². The lowest BCUT2D eigenvalue weighted by atomic mass is 9.85. The fraction of sp³-hybridized carbons (Fsp3) is 0.583. The molecule has 1 aromatic carbocycles. The molecule has 194 valence electrons. The molecule has 0 saturated carbocycles. The van der Waals surface area contributed by atoms with Crippen LogP contribution >= 0.6 is 23.2 Å². The average Bonchev–Trinajstić information content (AvgIpc) is 2.82. The Labute approximate surface area is 220 Å². The molecule has 1 aromatic rings. The van der Waals surface area contributed by atoms with Crippen LogP contribution in [0.5, 0.6) is 5.75 Å². The number of carbonyl (C=O) groups excluding carboxylic acids is 2. The van der Waals surface area contributed by atoms with Crippen molar-refractivity contribution in [1.82, 2.24) is 20.3 Å². The molecule has 11 heteroatoms. The largest absolute Gasteiger partial charge is 0.598 e. The van der Waals surface area contributed by atoms with Crippen molar-refractivity contribution in [3.8, 4) is 5.75 Å². The van der Waals surface area contributed by atoms with Gasteiger partial charge in [-0.2, -0.15) is 0 Å². The maximum atomic E-state index is 13.2. The van der Waals surface area contributed by atoms with Crippen LogP contribution in [0.1, 0.15) is 45.2 Å². The van der Waals surface area contributed by atoms with Crippen molar-refractivity contribution in [2.75, 3.05) is 32.8 Å². The van der Waals surface area contributed by atoms with Crippen molar-refractivity contribution in [3.05, 3.63) is 40.4 Å². The van der Waals surface area contributed by atoms with Gasteiger partial charge in [-0.05, 0) is 45.6 Å². The Hall–Kier alpha value is -1.65. The Morgan fingerprint density at radius 1 is 1.29 bits per heavy atom. The van der Waals surface area contributed by atoms with Crippen LogP contribution in [0.2, 0.25) is 10.0 Å². The monoisotopic (exact) mass is 544 g/mol. The molecule has 2 aliphatic heterocycles. The van der Waals surface area contributed by atoms with Crippen molar-refractivity contribution < 1.29 is 18.9 Å². The molecule has 0 aromatic heterocycles. The molecule has 0 aliphatic carbocycles. The Bertz CT molecular complexity index is 925. The number of hydrogen-bond donors (Lipinski definition) is 3. The molecule has 2 fully saturated rings. The van der Waals surface area contributed by atoms with Gasteiger partial charge in [0, 0.05) is 49.2 Å². The highest BCUT2D eigenvalue weighted by atomic mass is 35.5. The number of nitrogens with one attached hydrogen (secondary N) is 3. The van der Waals surface area contributed by atoms with Crippen molar-refractivity contribution in [2.24, 2.45) is 11.8 Å². The average molecular weight is 546 g/mol. The summed E-state index contributed by atoms with van der Waals surface area (Å²) in [5.41, 5.74) is 0.780. The van der Waals surface area contributed by atoms with Crippen LogP contribution in [0.4, 0.5) is 4.79 Å². The third kappa shape index (κ3) is 7.20. The number of piperidine rings is 1.